The van der Waals surface area contributed by atoms with Gasteiger partial charge in [0.25, 0.3) is 0 Å². The molecule has 0 aliphatic rings. The van der Waals surface area contributed by atoms with Crippen molar-refractivity contribution in [2.75, 3.05) is 0 Å². The molecule has 0 bridgehead atoms. The molecule has 0 aromatic carbocycles. The van der Waals surface area contributed by atoms with Gasteiger partial charge >= 0.3 is 0 Å². The molecule has 0 saturated carbocycles. The molecule has 12 heavy (non-hydrogen) atoms. The van der Waals surface area contributed by atoms with E-state index in [0.717, 1.165) is 0 Å². The maximum Gasteiger partial charge on any atom is 0 e. The van der Waals surface area contributed by atoms with Gasteiger partial charge in [-0.1, -0.05) is 0 Å². The van der Waals surface area contributed by atoms with E-state index in [1.165, 1.54) is 0 Å². The summed E-state index contributed by atoms with van der Waals surface area (Å²) in [6.45, 7) is 0. The predicted molar refractivity (Wildman–Crippen MR) is 22.5 cm³/mol. The van der Waals surface area contributed by atoms with E-state index in [-0.39, 0.29) is 136 Å². The monoisotopic (exact) mass is 518 g/mol. The van der Waals surface area contributed by atoms with Crippen LogP contribution in [0, 0.1) is 0 Å². The molecule has 0 aromatic heterocycles. The molecular weight excluding hydrogens is 506 g/mol. The Morgan fingerprint density at radius 1 is 0.333 bits per heavy atom. The first-order valence-electron chi connectivity index (χ1n) is 0. The van der Waals surface area contributed by atoms with Crippen LogP contribution >= 0.6 is 0 Å². The zero-order chi connectivity index (χ0) is 0. The van der Waals surface area contributed by atoms with Crippen LogP contribution in [0.4, 0.5) is 0 Å². The van der Waals surface area contributed by atoms with Crippen molar-refractivity contribution in [3.63, 3.8) is 0 Å². The van der Waals surface area contributed by atoms with E-state index in [0.29, 0.717) is 0 Å². The van der Waals surface area contributed by atoms with E-state index >= 15 is 0 Å². The fourth-order valence-corrected chi connectivity index (χ4v) is 0. The topological polar surface area (TPSA) is 274 Å². The van der Waals surface area contributed by atoms with Crippen molar-refractivity contribution in [1.82, 2.24) is 0 Å². The third-order valence-corrected chi connectivity index (χ3v) is 0. The normalized spacial score (nSPS) is 0. The van der Waals surface area contributed by atoms with Crippen LogP contribution in [-0.2, 0) is 86.5 Å². The Kier molecular flexibility index (Phi) is 11400. The first-order chi connectivity index (χ1) is 0. The van der Waals surface area contributed by atoms with Crippen molar-refractivity contribution in [3.05, 3.63) is 0 Å². The van der Waals surface area contributed by atoms with Crippen LogP contribution in [0.3, 0.4) is 0 Å². The fraction of sp³-hybridized carbons (Fsp3) is 0. The van der Waals surface area contributed by atoms with Crippen molar-refractivity contribution < 1.29 is 136 Å². The summed E-state index contributed by atoms with van der Waals surface area (Å²) in [6, 6.07) is 0. The molecule has 0 unspecified atom stereocenters. The standard InChI is InChI=1S/9H2O.W.2Y/h9*1H2;;;/p-6. The Hall–Kier alpha value is 2.54. The second-order valence-electron chi connectivity index (χ2n) is 0. The fourth-order valence-electron chi connectivity index (χ4n) is 0. The van der Waals surface area contributed by atoms with Gasteiger partial charge in [0.05, 0.1) is 0 Å². The molecule has 0 aromatic rings. The van der Waals surface area contributed by atoms with Gasteiger partial charge in [0, 0.05) is 86.5 Å². The molecule has 0 rings (SSSR count). The average Bonchev–Trinajstić information content (AvgIpc) is 0. The van der Waals surface area contributed by atoms with E-state index in [4.69, 9.17) is 0 Å². The molecule has 0 heterocycles. The molecule has 2 radical (unpaired) electrons. The van der Waals surface area contributed by atoms with E-state index in [2.05, 4.69) is 0 Å². The van der Waals surface area contributed by atoms with E-state index < -0.39 is 0 Å². The van der Waals surface area contributed by atoms with Gasteiger partial charge < -0.3 is 49.3 Å². The van der Waals surface area contributed by atoms with Gasteiger partial charge in [-0.3, -0.25) is 0 Å². The summed E-state index contributed by atoms with van der Waals surface area (Å²) in [5.74, 6) is 0. The van der Waals surface area contributed by atoms with Crippen LogP contribution in [0.25, 0.3) is 0 Å². The smallest absolute Gasteiger partial charge is 0 e. The molecule has 12 N–H and O–H groups in total. The summed E-state index contributed by atoms with van der Waals surface area (Å²) < 4.78 is 0. The Morgan fingerprint density at radius 2 is 0.333 bits per heavy atom. The quantitative estimate of drug-likeness (QED) is 0.313. The summed E-state index contributed by atoms with van der Waals surface area (Å²) in [6.07, 6.45) is 0. The second-order valence-corrected chi connectivity index (χ2v) is 0. The van der Waals surface area contributed by atoms with Gasteiger partial charge in [-0.2, -0.15) is 0 Å². The number of rotatable bonds is 0. The van der Waals surface area contributed by atoms with Crippen LogP contribution in [0.15, 0.2) is 0 Å². The van der Waals surface area contributed by atoms with E-state index in [1.807, 2.05) is 0 Å². The van der Waals surface area contributed by atoms with Crippen LogP contribution in [-0.4, -0.2) is 49.3 Å². The molecular formula is H12O9WY2-6. The predicted octanol–water partition coefficient (Wildman–Crippen LogP) is -3.54. The van der Waals surface area contributed by atoms with Crippen LogP contribution in [0.5, 0.6) is 0 Å². The zero-order valence-corrected chi connectivity index (χ0v) is 14.4. The van der Waals surface area contributed by atoms with Crippen molar-refractivity contribution in [3.8, 4) is 0 Å². The van der Waals surface area contributed by atoms with Gasteiger partial charge in [0.15, 0.2) is 0 Å². The summed E-state index contributed by atoms with van der Waals surface area (Å²) in [5.41, 5.74) is 0. The minimum Gasteiger partial charge on any atom is -0.870 e. The molecule has 0 amide bonds. The Balaban J connectivity index is 0. The molecule has 0 aliphatic carbocycles. The molecule has 0 aliphatic heterocycles. The molecule has 0 saturated heterocycles. The Bertz CT molecular complexity index is 12.5. The Morgan fingerprint density at radius 3 is 0.333 bits per heavy atom. The summed E-state index contributed by atoms with van der Waals surface area (Å²) in [5, 5.41) is 0. The van der Waals surface area contributed by atoms with Crippen LogP contribution < -0.4 is 0 Å². The molecule has 0 spiro atoms. The summed E-state index contributed by atoms with van der Waals surface area (Å²) in [7, 11) is 0. The van der Waals surface area contributed by atoms with Crippen molar-refractivity contribution in [1.29, 1.82) is 0 Å². The molecule has 0 fully saturated rings. The van der Waals surface area contributed by atoms with Crippen molar-refractivity contribution in [2.45, 2.75) is 0 Å². The molecule has 0 atom stereocenters. The molecule has 84 valence electrons. The van der Waals surface area contributed by atoms with Gasteiger partial charge in [0.1, 0.15) is 0 Å². The van der Waals surface area contributed by atoms with E-state index in [1.54, 1.807) is 0 Å². The summed E-state index contributed by atoms with van der Waals surface area (Å²) in [4.78, 5) is 0. The average molecular weight is 518 g/mol. The third-order valence-electron chi connectivity index (χ3n) is 0. The first-order valence-corrected chi connectivity index (χ1v) is 0. The zero-order valence-electron chi connectivity index (χ0n) is 5.75. The minimum atomic E-state index is 0. The number of hydrogen-bond donors (Lipinski definition) is 0. The van der Waals surface area contributed by atoms with Gasteiger partial charge in [-0.25, -0.2) is 0 Å². The van der Waals surface area contributed by atoms with Gasteiger partial charge in [-0.05, 0) is 0 Å². The van der Waals surface area contributed by atoms with Crippen LogP contribution in [0.1, 0.15) is 0 Å². The van der Waals surface area contributed by atoms with Gasteiger partial charge in [-0.15, -0.1) is 0 Å². The van der Waals surface area contributed by atoms with Crippen molar-refractivity contribution >= 4 is 0 Å². The Labute approximate surface area is 134 Å². The largest absolute Gasteiger partial charge is 0.870 e. The summed E-state index contributed by atoms with van der Waals surface area (Å²) >= 11 is 0. The maximum absolute atomic E-state index is 0. The van der Waals surface area contributed by atoms with Crippen molar-refractivity contribution in [2.24, 2.45) is 0 Å². The maximum atomic E-state index is 0. The van der Waals surface area contributed by atoms with Crippen LogP contribution in [0.2, 0.25) is 0 Å². The first kappa shape index (κ1) is 414. The minimum absolute atomic E-state index is 0. The molecule has 9 nitrogen and oxygen atoms in total. The van der Waals surface area contributed by atoms with Gasteiger partial charge in [0.2, 0.25) is 0 Å². The third kappa shape index (κ3) is 259. The number of hydrogen-bond acceptors (Lipinski definition) is 6. The SMILES string of the molecule is O.O.O.[OH-].[OH-].[OH-].[OH-].[OH-].[OH-].[W].[Y].[Y]. The van der Waals surface area contributed by atoms with E-state index in [9.17, 15) is 0 Å². The second kappa shape index (κ2) is 331. The molecule has 12 heteroatoms.